The van der Waals surface area contributed by atoms with Crippen LogP contribution in [0.2, 0.25) is 0 Å². The summed E-state index contributed by atoms with van der Waals surface area (Å²) in [5, 5.41) is 8.26. The third kappa shape index (κ3) is 4.30. The number of hydrogen-bond acceptors (Lipinski definition) is 3. The second kappa shape index (κ2) is 6.80. The lowest BCUT2D eigenvalue weighted by Gasteiger charge is -2.36. The van der Waals surface area contributed by atoms with Gasteiger partial charge in [-0.2, -0.15) is 11.3 Å². The molecule has 3 rings (SSSR count). The lowest BCUT2D eigenvalue weighted by Crippen LogP contribution is -2.44. The largest absolute Gasteiger partial charge is 0.314 e. The Labute approximate surface area is 133 Å². The maximum absolute atomic E-state index is 3.73. The van der Waals surface area contributed by atoms with Gasteiger partial charge in [0, 0.05) is 31.7 Å². The molecule has 2 saturated carbocycles. The van der Waals surface area contributed by atoms with Crippen molar-refractivity contribution in [1.29, 1.82) is 0 Å². The van der Waals surface area contributed by atoms with E-state index in [4.69, 9.17) is 0 Å². The predicted molar refractivity (Wildman–Crippen MR) is 91.8 cm³/mol. The van der Waals surface area contributed by atoms with Crippen LogP contribution in [0.15, 0.2) is 16.8 Å². The summed E-state index contributed by atoms with van der Waals surface area (Å²) in [6, 6.07) is 3.77. The SMILES string of the molecule is CC(C)NCC1(CN(Cc2ccsc2)C2CC2)CCCC1. The van der Waals surface area contributed by atoms with Crippen LogP contribution < -0.4 is 5.32 Å². The Morgan fingerprint density at radius 3 is 2.67 bits per heavy atom. The van der Waals surface area contributed by atoms with E-state index in [2.05, 4.69) is 40.9 Å². The van der Waals surface area contributed by atoms with Gasteiger partial charge in [-0.3, -0.25) is 4.90 Å². The molecule has 0 unspecified atom stereocenters. The van der Waals surface area contributed by atoms with Crippen LogP contribution in [0.4, 0.5) is 0 Å². The van der Waals surface area contributed by atoms with E-state index in [0.29, 0.717) is 11.5 Å². The maximum atomic E-state index is 3.73. The molecule has 0 aromatic carbocycles. The fourth-order valence-electron chi connectivity index (χ4n) is 3.74. The highest BCUT2D eigenvalue weighted by Gasteiger charge is 2.39. The van der Waals surface area contributed by atoms with Crippen molar-refractivity contribution in [3.8, 4) is 0 Å². The number of rotatable bonds is 8. The molecule has 0 atom stereocenters. The first-order valence-corrected chi connectivity index (χ1v) is 9.60. The summed E-state index contributed by atoms with van der Waals surface area (Å²) >= 11 is 1.83. The molecule has 0 amide bonds. The smallest absolute Gasteiger partial charge is 0.0245 e. The minimum absolute atomic E-state index is 0.531. The van der Waals surface area contributed by atoms with Gasteiger partial charge in [-0.25, -0.2) is 0 Å². The third-order valence-electron chi connectivity index (χ3n) is 5.12. The third-order valence-corrected chi connectivity index (χ3v) is 5.85. The van der Waals surface area contributed by atoms with Crippen LogP contribution in [0, 0.1) is 5.41 Å². The van der Waals surface area contributed by atoms with Crippen molar-refractivity contribution in [3.63, 3.8) is 0 Å². The van der Waals surface area contributed by atoms with Crippen molar-refractivity contribution in [3.05, 3.63) is 22.4 Å². The van der Waals surface area contributed by atoms with Gasteiger partial charge in [0.15, 0.2) is 0 Å². The highest BCUT2D eigenvalue weighted by Crippen LogP contribution is 2.41. The van der Waals surface area contributed by atoms with E-state index >= 15 is 0 Å². The molecule has 0 saturated heterocycles. The fraction of sp³-hybridized carbons (Fsp3) is 0.778. The molecule has 2 nitrogen and oxygen atoms in total. The average molecular weight is 307 g/mol. The Bertz CT molecular complexity index is 416. The first-order valence-electron chi connectivity index (χ1n) is 8.65. The molecule has 21 heavy (non-hydrogen) atoms. The Balaban J connectivity index is 1.64. The summed E-state index contributed by atoms with van der Waals surface area (Å²) < 4.78 is 0. The van der Waals surface area contributed by atoms with Crippen molar-refractivity contribution in [1.82, 2.24) is 10.2 Å². The van der Waals surface area contributed by atoms with Crippen molar-refractivity contribution >= 4 is 11.3 Å². The molecule has 1 heterocycles. The van der Waals surface area contributed by atoms with Gasteiger partial charge in [-0.05, 0) is 53.5 Å². The molecule has 2 fully saturated rings. The van der Waals surface area contributed by atoms with Crippen molar-refractivity contribution in [2.45, 2.75) is 71.0 Å². The van der Waals surface area contributed by atoms with E-state index < -0.39 is 0 Å². The van der Waals surface area contributed by atoms with E-state index in [1.807, 2.05) is 11.3 Å². The number of nitrogens with one attached hydrogen (secondary N) is 1. The van der Waals surface area contributed by atoms with E-state index in [1.54, 1.807) is 0 Å². The molecule has 2 aliphatic rings. The summed E-state index contributed by atoms with van der Waals surface area (Å²) in [6.45, 7) is 8.21. The van der Waals surface area contributed by atoms with Crippen LogP contribution >= 0.6 is 11.3 Å². The number of thiophene rings is 1. The molecule has 3 heteroatoms. The van der Waals surface area contributed by atoms with E-state index in [9.17, 15) is 0 Å². The van der Waals surface area contributed by atoms with Gasteiger partial charge in [0.25, 0.3) is 0 Å². The predicted octanol–water partition coefficient (Wildman–Crippen LogP) is 4.27. The normalized spacial score (nSPS) is 21.5. The van der Waals surface area contributed by atoms with Crippen LogP contribution in [-0.4, -0.2) is 30.1 Å². The van der Waals surface area contributed by atoms with Crippen LogP contribution in [-0.2, 0) is 6.54 Å². The molecular weight excluding hydrogens is 276 g/mol. The molecule has 1 aromatic rings. The van der Waals surface area contributed by atoms with Crippen LogP contribution in [0.3, 0.4) is 0 Å². The second-order valence-corrected chi connectivity index (χ2v) is 8.29. The minimum atomic E-state index is 0.531. The summed E-state index contributed by atoms with van der Waals surface area (Å²) in [5.41, 5.74) is 2.04. The fourth-order valence-corrected chi connectivity index (χ4v) is 4.40. The quantitative estimate of drug-likeness (QED) is 0.771. The van der Waals surface area contributed by atoms with Crippen LogP contribution in [0.5, 0.6) is 0 Å². The molecular formula is C18H30N2S. The van der Waals surface area contributed by atoms with E-state index in [0.717, 1.165) is 12.6 Å². The molecule has 118 valence electrons. The van der Waals surface area contributed by atoms with E-state index in [1.165, 1.54) is 57.2 Å². The Hall–Kier alpha value is -0.380. The highest BCUT2D eigenvalue weighted by molar-refractivity contribution is 7.07. The molecule has 0 bridgehead atoms. The zero-order chi connectivity index (χ0) is 14.7. The molecule has 0 spiro atoms. The van der Waals surface area contributed by atoms with Gasteiger partial charge in [-0.15, -0.1) is 0 Å². The first kappa shape index (κ1) is 15.5. The highest BCUT2D eigenvalue weighted by atomic mass is 32.1. The molecule has 0 aliphatic heterocycles. The molecule has 1 N–H and O–H groups in total. The van der Waals surface area contributed by atoms with E-state index in [-0.39, 0.29) is 0 Å². The van der Waals surface area contributed by atoms with Gasteiger partial charge in [-0.1, -0.05) is 26.7 Å². The summed E-state index contributed by atoms with van der Waals surface area (Å²) in [7, 11) is 0. The van der Waals surface area contributed by atoms with Gasteiger partial charge in [0.1, 0.15) is 0 Å². The first-order chi connectivity index (χ1) is 10.2. The lowest BCUT2D eigenvalue weighted by atomic mass is 9.85. The van der Waals surface area contributed by atoms with Crippen molar-refractivity contribution in [2.24, 2.45) is 5.41 Å². The van der Waals surface area contributed by atoms with Crippen LogP contribution in [0.1, 0.15) is 57.9 Å². The standard InChI is InChI=1S/C18H30N2S/c1-15(2)19-13-18(8-3-4-9-18)14-20(17-5-6-17)11-16-7-10-21-12-16/h7,10,12,15,17,19H,3-6,8-9,11,13-14H2,1-2H3. The summed E-state index contributed by atoms with van der Waals surface area (Å²) in [4.78, 5) is 2.79. The maximum Gasteiger partial charge on any atom is 0.0245 e. The Morgan fingerprint density at radius 1 is 1.33 bits per heavy atom. The lowest BCUT2D eigenvalue weighted by molar-refractivity contribution is 0.133. The zero-order valence-corrected chi connectivity index (χ0v) is 14.4. The van der Waals surface area contributed by atoms with Gasteiger partial charge in [0.05, 0.1) is 0 Å². The topological polar surface area (TPSA) is 15.3 Å². The molecule has 0 radical (unpaired) electrons. The average Bonchev–Trinajstić information content (AvgIpc) is 2.99. The van der Waals surface area contributed by atoms with Gasteiger partial charge in [0.2, 0.25) is 0 Å². The molecule has 2 aliphatic carbocycles. The van der Waals surface area contributed by atoms with Crippen LogP contribution in [0.25, 0.3) is 0 Å². The summed E-state index contributed by atoms with van der Waals surface area (Å²) in [6.07, 6.45) is 8.52. The number of nitrogens with zero attached hydrogens (tertiary/aromatic N) is 1. The Morgan fingerprint density at radius 2 is 2.10 bits per heavy atom. The molecule has 1 aromatic heterocycles. The van der Waals surface area contributed by atoms with Crippen molar-refractivity contribution < 1.29 is 0 Å². The second-order valence-electron chi connectivity index (χ2n) is 7.51. The monoisotopic (exact) mass is 306 g/mol. The zero-order valence-electron chi connectivity index (χ0n) is 13.6. The number of hydrogen-bond donors (Lipinski definition) is 1. The minimum Gasteiger partial charge on any atom is -0.314 e. The summed E-state index contributed by atoms with van der Waals surface area (Å²) in [5.74, 6) is 0. The van der Waals surface area contributed by atoms with Crippen molar-refractivity contribution in [2.75, 3.05) is 13.1 Å². The van der Waals surface area contributed by atoms with Gasteiger partial charge < -0.3 is 5.32 Å². The van der Waals surface area contributed by atoms with Gasteiger partial charge >= 0.3 is 0 Å². The Kier molecular flexibility index (Phi) is 5.03.